The van der Waals surface area contributed by atoms with Crippen molar-refractivity contribution in [1.29, 1.82) is 0 Å². The van der Waals surface area contributed by atoms with Gasteiger partial charge in [-0.3, -0.25) is 18.7 Å². The SMILES string of the molecule is Cn1c(=O)c2c(ncn2CC(=O)NC2CCC(Oc3ncc(Cl)cn3)CC2)n(C)c1=O. The van der Waals surface area contributed by atoms with Gasteiger partial charge in [0.2, 0.25) is 5.91 Å². The molecule has 3 aromatic rings. The van der Waals surface area contributed by atoms with Crippen LogP contribution < -0.4 is 21.3 Å². The topological polar surface area (TPSA) is 126 Å². The Morgan fingerprint density at radius 2 is 1.81 bits per heavy atom. The fraction of sp³-hybridized carbons (Fsp3) is 0.474. The molecule has 1 saturated carbocycles. The summed E-state index contributed by atoms with van der Waals surface area (Å²) in [6.07, 6.45) is 7.39. The van der Waals surface area contributed by atoms with Crippen molar-refractivity contribution < 1.29 is 9.53 Å². The molecule has 1 amide bonds. The van der Waals surface area contributed by atoms with Crippen LogP contribution in [-0.2, 0) is 25.4 Å². The number of rotatable bonds is 5. The fourth-order valence-electron chi connectivity index (χ4n) is 3.78. The fourth-order valence-corrected chi connectivity index (χ4v) is 3.88. The summed E-state index contributed by atoms with van der Waals surface area (Å²) in [6, 6.07) is 0.306. The van der Waals surface area contributed by atoms with Crippen LogP contribution in [0.4, 0.5) is 0 Å². The first-order chi connectivity index (χ1) is 14.8. The zero-order valence-corrected chi connectivity index (χ0v) is 17.9. The van der Waals surface area contributed by atoms with Gasteiger partial charge in [0, 0.05) is 20.1 Å². The Bertz CT molecular complexity index is 1220. The van der Waals surface area contributed by atoms with Gasteiger partial charge in [0.25, 0.3) is 5.56 Å². The molecular formula is C19H22ClN7O4. The summed E-state index contributed by atoms with van der Waals surface area (Å²) in [5.41, 5.74) is -0.469. The number of amides is 1. The molecule has 0 aliphatic heterocycles. The standard InChI is InChI=1S/C19H22ClN7O4/c1-25-16-15(17(29)26(2)19(25)30)27(10-23-16)9-14(28)24-12-3-5-13(6-4-12)31-18-21-7-11(20)8-22-18/h7-8,10,12-13H,3-6,9H2,1-2H3,(H,24,28). The van der Waals surface area contributed by atoms with Crippen molar-refractivity contribution in [1.82, 2.24) is 34.0 Å². The minimum absolute atomic E-state index is 0.0143. The molecule has 0 aromatic carbocycles. The monoisotopic (exact) mass is 447 g/mol. The minimum atomic E-state index is -0.481. The summed E-state index contributed by atoms with van der Waals surface area (Å²) in [5.74, 6) is -0.222. The number of carbonyl (C=O) groups is 1. The van der Waals surface area contributed by atoms with E-state index in [1.165, 1.54) is 42.0 Å². The molecule has 1 fully saturated rings. The third kappa shape index (κ3) is 4.31. The van der Waals surface area contributed by atoms with Crippen molar-refractivity contribution >= 4 is 28.7 Å². The van der Waals surface area contributed by atoms with Crippen molar-refractivity contribution in [2.75, 3.05) is 0 Å². The van der Waals surface area contributed by atoms with E-state index in [1.807, 2.05) is 0 Å². The van der Waals surface area contributed by atoms with Gasteiger partial charge in [0.05, 0.1) is 23.7 Å². The number of aryl methyl sites for hydroxylation is 1. The van der Waals surface area contributed by atoms with Gasteiger partial charge in [0.15, 0.2) is 11.2 Å². The van der Waals surface area contributed by atoms with Crippen LogP contribution >= 0.6 is 11.6 Å². The molecule has 11 nitrogen and oxygen atoms in total. The summed E-state index contributed by atoms with van der Waals surface area (Å²) in [6.45, 7) is -0.0566. The maximum atomic E-state index is 12.6. The normalized spacial score (nSPS) is 18.8. The molecule has 0 unspecified atom stereocenters. The van der Waals surface area contributed by atoms with Crippen LogP contribution in [-0.4, -0.2) is 46.7 Å². The molecule has 0 spiro atoms. The molecular weight excluding hydrogens is 426 g/mol. The Morgan fingerprint density at radius 1 is 1.13 bits per heavy atom. The first-order valence-electron chi connectivity index (χ1n) is 9.88. The molecule has 1 aliphatic carbocycles. The van der Waals surface area contributed by atoms with Crippen LogP contribution in [0.15, 0.2) is 28.3 Å². The average Bonchev–Trinajstić information content (AvgIpc) is 3.17. The van der Waals surface area contributed by atoms with Gasteiger partial charge in [-0.05, 0) is 25.7 Å². The molecule has 12 heteroatoms. The van der Waals surface area contributed by atoms with Gasteiger partial charge in [-0.2, -0.15) is 0 Å². The molecule has 1 aliphatic rings. The molecule has 3 heterocycles. The van der Waals surface area contributed by atoms with Crippen molar-refractivity contribution in [2.45, 2.75) is 44.4 Å². The average molecular weight is 448 g/mol. The van der Waals surface area contributed by atoms with E-state index < -0.39 is 11.2 Å². The molecule has 4 rings (SSSR count). The number of nitrogens with zero attached hydrogens (tertiary/aromatic N) is 6. The number of aromatic nitrogens is 6. The van der Waals surface area contributed by atoms with Crippen LogP contribution in [0, 0.1) is 0 Å². The maximum Gasteiger partial charge on any atom is 0.332 e. The van der Waals surface area contributed by atoms with Gasteiger partial charge in [-0.1, -0.05) is 11.6 Å². The van der Waals surface area contributed by atoms with Crippen molar-refractivity contribution in [3.8, 4) is 6.01 Å². The van der Waals surface area contributed by atoms with Gasteiger partial charge < -0.3 is 14.6 Å². The number of halogens is 1. The van der Waals surface area contributed by atoms with Crippen LogP contribution in [0.1, 0.15) is 25.7 Å². The molecule has 0 saturated heterocycles. The van der Waals surface area contributed by atoms with E-state index in [2.05, 4.69) is 20.3 Å². The molecule has 3 aromatic heterocycles. The van der Waals surface area contributed by atoms with E-state index in [-0.39, 0.29) is 35.8 Å². The molecule has 0 bridgehead atoms. The lowest BCUT2D eigenvalue weighted by molar-refractivity contribution is -0.122. The molecule has 0 radical (unpaired) electrons. The Hall–Kier alpha value is -3.21. The molecule has 31 heavy (non-hydrogen) atoms. The largest absolute Gasteiger partial charge is 0.460 e. The van der Waals surface area contributed by atoms with E-state index in [4.69, 9.17) is 16.3 Å². The summed E-state index contributed by atoms with van der Waals surface area (Å²) in [5, 5.41) is 3.45. The second-order valence-electron chi connectivity index (χ2n) is 7.59. The Kier molecular flexibility index (Phi) is 5.77. The first-order valence-corrected chi connectivity index (χ1v) is 10.3. The van der Waals surface area contributed by atoms with E-state index >= 15 is 0 Å². The van der Waals surface area contributed by atoms with Gasteiger partial charge in [-0.15, -0.1) is 0 Å². The smallest absolute Gasteiger partial charge is 0.332 e. The van der Waals surface area contributed by atoms with E-state index in [0.29, 0.717) is 11.0 Å². The lowest BCUT2D eigenvalue weighted by atomic mass is 9.93. The molecule has 164 valence electrons. The second kappa shape index (κ2) is 8.50. The first kappa shape index (κ1) is 21.0. The minimum Gasteiger partial charge on any atom is -0.460 e. The van der Waals surface area contributed by atoms with Crippen molar-refractivity contribution in [2.24, 2.45) is 14.1 Å². The van der Waals surface area contributed by atoms with Crippen LogP contribution in [0.3, 0.4) is 0 Å². The highest BCUT2D eigenvalue weighted by molar-refractivity contribution is 6.30. The summed E-state index contributed by atoms with van der Waals surface area (Å²) in [7, 11) is 2.94. The molecule has 1 N–H and O–H groups in total. The predicted molar refractivity (Wildman–Crippen MR) is 112 cm³/mol. The van der Waals surface area contributed by atoms with Gasteiger partial charge in [0.1, 0.15) is 12.6 Å². The number of fused-ring (bicyclic) bond motifs is 1. The van der Waals surface area contributed by atoms with E-state index in [0.717, 1.165) is 30.3 Å². The maximum absolute atomic E-state index is 12.6. The number of carbonyl (C=O) groups excluding carboxylic acids is 1. The lowest BCUT2D eigenvalue weighted by Gasteiger charge is -2.28. The van der Waals surface area contributed by atoms with Crippen LogP contribution in [0.25, 0.3) is 11.2 Å². The number of hydrogen-bond acceptors (Lipinski definition) is 7. The lowest BCUT2D eigenvalue weighted by Crippen LogP contribution is -2.41. The number of ether oxygens (including phenoxy) is 1. The summed E-state index contributed by atoms with van der Waals surface area (Å²) in [4.78, 5) is 49.3. The highest BCUT2D eigenvalue weighted by Crippen LogP contribution is 2.22. The third-order valence-corrected chi connectivity index (χ3v) is 5.63. The Labute approximate surface area is 181 Å². The van der Waals surface area contributed by atoms with Crippen LogP contribution in [0.5, 0.6) is 6.01 Å². The van der Waals surface area contributed by atoms with E-state index in [1.54, 1.807) is 0 Å². The second-order valence-corrected chi connectivity index (χ2v) is 8.03. The Morgan fingerprint density at radius 3 is 2.48 bits per heavy atom. The van der Waals surface area contributed by atoms with E-state index in [9.17, 15) is 14.4 Å². The molecule has 0 atom stereocenters. The number of imidazole rings is 1. The zero-order chi connectivity index (χ0) is 22.1. The highest BCUT2D eigenvalue weighted by Gasteiger charge is 2.25. The summed E-state index contributed by atoms with van der Waals surface area (Å²) < 4.78 is 9.54. The summed E-state index contributed by atoms with van der Waals surface area (Å²) >= 11 is 5.78. The highest BCUT2D eigenvalue weighted by atomic mass is 35.5. The number of nitrogens with one attached hydrogen (secondary N) is 1. The Balaban J connectivity index is 1.35. The predicted octanol–water partition coefficient (Wildman–Crippen LogP) is 0.383. The van der Waals surface area contributed by atoms with Gasteiger partial charge >= 0.3 is 11.7 Å². The van der Waals surface area contributed by atoms with Gasteiger partial charge in [-0.25, -0.2) is 19.7 Å². The van der Waals surface area contributed by atoms with Crippen LogP contribution in [0.2, 0.25) is 5.02 Å². The van der Waals surface area contributed by atoms with Crippen molar-refractivity contribution in [3.63, 3.8) is 0 Å². The quantitative estimate of drug-likeness (QED) is 0.599. The number of hydrogen-bond donors (Lipinski definition) is 1. The van der Waals surface area contributed by atoms with Crippen molar-refractivity contribution in [3.05, 3.63) is 44.6 Å². The third-order valence-electron chi connectivity index (χ3n) is 5.44. The zero-order valence-electron chi connectivity index (χ0n) is 17.1.